The highest BCUT2D eigenvalue weighted by atomic mass is 19.1. The maximum atomic E-state index is 13.7. The van der Waals surface area contributed by atoms with Crippen molar-refractivity contribution in [2.24, 2.45) is 5.16 Å². The highest BCUT2D eigenvalue weighted by Gasteiger charge is 2.28. The zero-order valence-electron chi connectivity index (χ0n) is 16.5. The van der Waals surface area contributed by atoms with Gasteiger partial charge in [-0.25, -0.2) is 13.2 Å². The fourth-order valence-corrected chi connectivity index (χ4v) is 3.49. The molecule has 4 nitrogen and oxygen atoms in total. The Bertz CT molecular complexity index is 1130. The van der Waals surface area contributed by atoms with E-state index < -0.39 is 23.6 Å². The minimum atomic E-state index is -0.523. The van der Waals surface area contributed by atoms with Gasteiger partial charge in [-0.2, -0.15) is 0 Å². The van der Waals surface area contributed by atoms with E-state index in [0.29, 0.717) is 23.3 Å². The smallest absolute Gasteiger partial charge is 0.254 e. The molecule has 0 saturated carbocycles. The summed E-state index contributed by atoms with van der Waals surface area (Å²) in [6.07, 6.45) is -0.0937. The van der Waals surface area contributed by atoms with Crippen molar-refractivity contribution in [1.29, 1.82) is 0 Å². The van der Waals surface area contributed by atoms with Crippen LogP contribution in [0.25, 0.3) is 0 Å². The van der Waals surface area contributed by atoms with Gasteiger partial charge >= 0.3 is 0 Å². The molecule has 3 aromatic rings. The van der Waals surface area contributed by atoms with E-state index in [1.54, 1.807) is 24.3 Å². The minimum absolute atomic E-state index is 0.113. The second-order valence-electron chi connectivity index (χ2n) is 7.31. The number of amides is 1. The summed E-state index contributed by atoms with van der Waals surface area (Å²) in [7, 11) is 0. The number of hydrogen-bond acceptors (Lipinski definition) is 3. The Labute approximate surface area is 177 Å². The summed E-state index contributed by atoms with van der Waals surface area (Å²) in [5.74, 6) is -1.72. The number of nitrogens with zero attached hydrogens (tertiary/aromatic N) is 2. The van der Waals surface area contributed by atoms with Crippen LogP contribution in [-0.2, 0) is 11.4 Å². The number of carbonyl (C=O) groups excluding carboxylic acids is 1. The van der Waals surface area contributed by atoms with Gasteiger partial charge in [0.2, 0.25) is 0 Å². The second kappa shape index (κ2) is 9.04. The third-order valence-electron chi connectivity index (χ3n) is 4.94. The molecule has 0 N–H and O–H groups in total. The van der Waals surface area contributed by atoms with Gasteiger partial charge in [0.1, 0.15) is 17.5 Å². The Morgan fingerprint density at radius 3 is 2.32 bits per heavy atom. The Hall–Kier alpha value is -3.61. The molecule has 4 rings (SSSR count). The maximum absolute atomic E-state index is 13.7. The van der Waals surface area contributed by atoms with E-state index in [4.69, 9.17) is 4.84 Å². The van der Waals surface area contributed by atoms with Gasteiger partial charge in [-0.05, 0) is 48.0 Å². The molecule has 1 aliphatic rings. The molecule has 158 valence electrons. The molecule has 0 saturated heterocycles. The molecule has 0 bridgehead atoms. The van der Waals surface area contributed by atoms with E-state index in [2.05, 4.69) is 5.16 Å². The predicted molar refractivity (Wildman–Crippen MR) is 110 cm³/mol. The molecule has 0 spiro atoms. The zero-order chi connectivity index (χ0) is 21.8. The van der Waals surface area contributed by atoms with Crippen molar-refractivity contribution in [3.63, 3.8) is 0 Å². The minimum Gasteiger partial charge on any atom is -0.390 e. The number of hydrogen-bond donors (Lipinski definition) is 0. The van der Waals surface area contributed by atoms with Crippen LogP contribution in [-0.4, -0.2) is 29.2 Å². The van der Waals surface area contributed by atoms with E-state index in [9.17, 15) is 18.0 Å². The van der Waals surface area contributed by atoms with Crippen LogP contribution in [0.15, 0.2) is 78.0 Å². The van der Waals surface area contributed by atoms with Crippen molar-refractivity contribution >= 4 is 11.6 Å². The first kappa shape index (κ1) is 20.7. The average molecular weight is 424 g/mol. The van der Waals surface area contributed by atoms with Crippen molar-refractivity contribution in [3.05, 3.63) is 107 Å². The summed E-state index contributed by atoms with van der Waals surface area (Å²) in [4.78, 5) is 20.0. The first-order valence-electron chi connectivity index (χ1n) is 9.76. The maximum Gasteiger partial charge on any atom is 0.254 e. The van der Waals surface area contributed by atoms with Gasteiger partial charge in [-0.1, -0.05) is 35.5 Å². The SMILES string of the molecule is O=C(c1cccc(F)c1)N(Cc1cccc(F)c1)CC1CC(c2cccc(F)c2)=NO1. The predicted octanol–water partition coefficient (Wildman–Crippen LogP) is 4.94. The van der Waals surface area contributed by atoms with Gasteiger partial charge in [0.05, 0.1) is 12.3 Å². The van der Waals surface area contributed by atoms with Crippen molar-refractivity contribution in [2.75, 3.05) is 6.54 Å². The molecule has 1 unspecified atom stereocenters. The number of halogens is 3. The Morgan fingerprint density at radius 1 is 0.935 bits per heavy atom. The largest absolute Gasteiger partial charge is 0.390 e. The Morgan fingerprint density at radius 2 is 1.61 bits per heavy atom. The molecule has 0 radical (unpaired) electrons. The number of benzene rings is 3. The molecule has 3 aromatic carbocycles. The van der Waals surface area contributed by atoms with Crippen LogP contribution in [0.5, 0.6) is 0 Å². The summed E-state index contributed by atoms with van der Waals surface area (Å²) in [6.45, 7) is 0.260. The fourth-order valence-electron chi connectivity index (χ4n) is 3.49. The van der Waals surface area contributed by atoms with Gasteiger partial charge in [-0.15, -0.1) is 0 Å². The van der Waals surface area contributed by atoms with Gasteiger partial charge in [0, 0.05) is 24.1 Å². The van der Waals surface area contributed by atoms with Crippen LogP contribution >= 0.6 is 0 Å². The first-order valence-corrected chi connectivity index (χ1v) is 9.76. The lowest BCUT2D eigenvalue weighted by atomic mass is 10.0. The molecule has 31 heavy (non-hydrogen) atoms. The van der Waals surface area contributed by atoms with Crippen LogP contribution in [0, 0.1) is 17.5 Å². The monoisotopic (exact) mass is 424 g/mol. The third-order valence-corrected chi connectivity index (χ3v) is 4.94. The highest BCUT2D eigenvalue weighted by Crippen LogP contribution is 2.21. The third kappa shape index (κ3) is 5.12. The highest BCUT2D eigenvalue weighted by molar-refractivity contribution is 6.01. The van der Waals surface area contributed by atoms with Gasteiger partial charge < -0.3 is 9.74 Å². The van der Waals surface area contributed by atoms with Crippen molar-refractivity contribution in [2.45, 2.75) is 19.1 Å². The first-order chi connectivity index (χ1) is 15.0. The van der Waals surface area contributed by atoms with Gasteiger partial charge in [0.25, 0.3) is 5.91 Å². The normalized spacial score (nSPS) is 15.3. The number of carbonyl (C=O) groups is 1. The number of oxime groups is 1. The van der Waals surface area contributed by atoms with Crippen LogP contribution in [0.3, 0.4) is 0 Å². The van der Waals surface area contributed by atoms with Crippen LogP contribution in [0.4, 0.5) is 13.2 Å². The molecule has 1 amide bonds. The second-order valence-corrected chi connectivity index (χ2v) is 7.31. The summed E-state index contributed by atoms with van der Waals surface area (Å²) in [5.41, 5.74) is 1.96. The molecule has 1 aliphatic heterocycles. The summed E-state index contributed by atoms with van der Waals surface area (Å²) < 4.78 is 40.8. The molecule has 1 heterocycles. The molecule has 7 heteroatoms. The van der Waals surface area contributed by atoms with Gasteiger partial charge in [0.15, 0.2) is 6.10 Å². The Kier molecular flexibility index (Phi) is 6.02. The van der Waals surface area contributed by atoms with Crippen molar-refractivity contribution in [3.8, 4) is 0 Å². The summed E-state index contributed by atoms with van der Waals surface area (Å²) in [5, 5.41) is 4.04. The van der Waals surface area contributed by atoms with E-state index in [1.165, 1.54) is 47.4 Å². The topological polar surface area (TPSA) is 41.9 Å². The van der Waals surface area contributed by atoms with Crippen molar-refractivity contribution < 1.29 is 22.8 Å². The van der Waals surface area contributed by atoms with E-state index in [0.717, 1.165) is 6.07 Å². The fraction of sp³-hybridized carbons (Fsp3) is 0.167. The number of rotatable bonds is 6. The van der Waals surface area contributed by atoms with Gasteiger partial charge in [-0.3, -0.25) is 4.79 Å². The molecular formula is C24H19F3N2O2. The van der Waals surface area contributed by atoms with E-state index in [-0.39, 0.29) is 24.5 Å². The van der Waals surface area contributed by atoms with Crippen molar-refractivity contribution in [1.82, 2.24) is 4.90 Å². The van der Waals surface area contributed by atoms with Crippen LogP contribution in [0.2, 0.25) is 0 Å². The summed E-state index contributed by atoms with van der Waals surface area (Å²) >= 11 is 0. The standard InChI is InChI=1S/C24H19F3N2O2/c25-19-7-1-4-16(10-19)14-29(24(30)18-6-3-9-21(27)12-18)15-22-13-23(28-31-22)17-5-2-8-20(26)11-17/h1-12,22H,13-15H2. The van der Waals surface area contributed by atoms with E-state index in [1.807, 2.05) is 0 Å². The zero-order valence-corrected chi connectivity index (χ0v) is 16.5. The lowest BCUT2D eigenvalue weighted by molar-refractivity contribution is 0.0404. The Balaban J connectivity index is 1.52. The molecule has 1 atom stereocenters. The molecular weight excluding hydrogens is 405 g/mol. The van der Waals surface area contributed by atoms with Crippen LogP contribution in [0.1, 0.15) is 27.9 Å². The van der Waals surface area contributed by atoms with Crippen LogP contribution < -0.4 is 0 Å². The summed E-state index contributed by atoms with van der Waals surface area (Å²) in [6, 6.07) is 17.4. The lowest BCUT2D eigenvalue weighted by Gasteiger charge is -2.25. The quantitative estimate of drug-likeness (QED) is 0.563. The molecule has 0 fully saturated rings. The molecule has 0 aromatic heterocycles. The molecule has 0 aliphatic carbocycles. The lowest BCUT2D eigenvalue weighted by Crippen LogP contribution is -2.37. The van der Waals surface area contributed by atoms with E-state index >= 15 is 0 Å². The average Bonchev–Trinajstić information content (AvgIpc) is 3.21.